The van der Waals surface area contributed by atoms with E-state index in [-0.39, 0.29) is 0 Å². The van der Waals surface area contributed by atoms with Gasteiger partial charge in [0.15, 0.2) is 0 Å². The minimum atomic E-state index is -3.53. The van der Waals surface area contributed by atoms with Crippen molar-refractivity contribution in [3.05, 3.63) is 29.2 Å². The molecule has 9 heteroatoms. The van der Waals surface area contributed by atoms with Gasteiger partial charge in [0.05, 0.1) is 6.04 Å². The van der Waals surface area contributed by atoms with E-state index >= 15 is 0 Å². The zero-order chi connectivity index (χ0) is 14.6. The van der Waals surface area contributed by atoms with E-state index in [0.29, 0.717) is 10.0 Å². The highest BCUT2D eigenvalue weighted by Crippen LogP contribution is 2.23. The first-order valence-corrected chi connectivity index (χ1v) is 8.44. The molecule has 0 aliphatic heterocycles. The zero-order valence-corrected chi connectivity index (χ0v) is 12.9. The second-order valence-corrected chi connectivity index (χ2v) is 7.40. The molecule has 20 heavy (non-hydrogen) atoms. The summed E-state index contributed by atoms with van der Waals surface area (Å²) in [5, 5.41) is 9.40. The molecule has 0 aliphatic rings. The maximum atomic E-state index is 12.2. The fourth-order valence-corrected chi connectivity index (χ4v) is 4.23. The highest BCUT2D eigenvalue weighted by molar-refractivity contribution is 7.91. The van der Waals surface area contributed by atoms with E-state index in [2.05, 4.69) is 25.2 Å². The zero-order valence-electron chi connectivity index (χ0n) is 11.3. The molecule has 7 nitrogen and oxygen atoms in total. The number of hydrogen-bond donors (Lipinski definition) is 3. The number of thiophene rings is 1. The molecule has 2 aromatic rings. The van der Waals surface area contributed by atoms with Gasteiger partial charge in [-0.2, -0.15) is 5.10 Å². The molecule has 2 aromatic heterocycles. The number of sulfonamides is 1. The lowest BCUT2D eigenvalue weighted by atomic mass is 10.3. The molecule has 0 bridgehead atoms. The van der Waals surface area contributed by atoms with Crippen LogP contribution in [-0.2, 0) is 16.4 Å². The van der Waals surface area contributed by atoms with Gasteiger partial charge in [0.25, 0.3) is 10.0 Å². The van der Waals surface area contributed by atoms with Crippen LogP contribution in [0.1, 0.15) is 23.7 Å². The van der Waals surface area contributed by atoms with Crippen molar-refractivity contribution in [3.63, 3.8) is 0 Å². The predicted molar refractivity (Wildman–Crippen MR) is 77.1 cm³/mol. The topological polar surface area (TPSA) is 99.8 Å². The Labute approximate surface area is 121 Å². The molecular weight excluding hydrogens is 298 g/mol. The molecule has 0 spiro atoms. The van der Waals surface area contributed by atoms with Gasteiger partial charge in [-0.05, 0) is 39.1 Å². The number of aromatic amines is 1. The van der Waals surface area contributed by atoms with Crippen LogP contribution in [0.3, 0.4) is 0 Å². The SMILES string of the molecule is CNCCc1ccc(S(=O)(=O)NC(C)c2ncn[nH]2)s1. The van der Waals surface area contributed by atoms with Gasteiger partial charge in [0.2, 0.25) is 0 Å². The second-order valence-electron chi connectivity index (χ2n) is 4.29. The first-order valence-electron chi connectivity index (χ1n) is 6.14. The summed E-state index contributed by atoms with van der Waals surface area (Å²) in [4.78, 5) is 4.98. The lowest BCUT2D eigenvalue weighted by molar-refractivity contribution is 0.562. The minimum Gasteiger partial charge on any atom is -0.319 e. The number of nitrogens with one attached hydrogen (secondary N) is 3. The van der Waals surface area contributed by atoms with Gasteiger partial charge in [0.1, 0.15) is 16.4 Å². The molecule has 1 unspecified atom stereocenters. The van der Waals surface area contributed by atoms with Crippen molar-refractivity contribution in [2.24, 2.45) is 0 Å². The number of rotatable bonds is 7. The summed E-state index contributed by atoms with van der Waals surface area (Å²) < 4.78 is 27.4. The molecule has 0 fully saturated rings. The van der Waals surface area contributed by atoms with Gasteiger partial charge in [-0.1, -0.05) is 0 Å². The predicted octanol–water partition coefficient (Wildman–Crippen LogP) is 0.668. The number of likely N-dealkylation sites (N-methyl/N-ethyl adjacent to an activating group) is 1. The third-order valence-electron chi connectivity index (χ3n) is 2.70. The second kappa shape index (κ2) is 6.44. The number of nitrogens with zero attached hydrogens (tertiary/aromatic N) is 2. The third-order valence-corrected chi connectivity index (χ3v) is 5.88. The van der Waals surface area contributed by atoms with E-state index in [9.17, 15) is 8.42 Å². The van der Waals surface area contributed by atoms with Gasteiger partial charge < -0.3 is 5.32 Å². The lowest BCUT2D eigenvalue weighted by Crippen LogP contribution is -2.27. The van der Waals surface area contributed by atoms with Crippen molar-refractivity contribution in [2.75, 3.05) is 13.6 Å². The number of aromatic nitrogens is 3. The highest BCUT2D eigenvalue weighted by atomic mass is 32.2. The maximum Gasteiger partial charge on any atom is 0.250 e. The van der Waals surface area contributed by atoms with Crippen molar-refractivity contribution in [3.8, 4) is 0 Å². The Hall–Kier alpha value is -1.29. The van der Waals surface area contributed by atoms with Gasteiger partial charge >= 0.3 is 0 Å². The molecular formula is C11H17N5O2S2. The van der Waals surface area contributed by atoms with Crippen molar-refractivity contribution in [2.45, 2.75) is 23.6 Å². The van der Waals surface area contributed by atoms with Gasteiger partial charge in [-0.15, -0.1) is 11.3 Å². The summed E-state index contributed by atoms with van der Waals surface area (Å²) in [5.74, 6) is 0.487. The van der Waals surface area contributed by atoms with Gasteiger partial charge in [0, 0.05) is 4.88 Å². The van der Waals surface area contributed by atoms with E-state index < -0.39 is 16.1 Å². The lowest BCUT2D eigenvalue weighted by Gasteiger charge is -2.10. The summed E-state index contributed by atoms with van der Waals surface area (Å²) in [7, 11) is -1.66. The molecule has 2 rings (SSSR count). The van der Waals surface area contributed by atoms with Crippen LogP contribution in [-0.4, -0.2) is 37.2 Å². The van der Waals surface area contributed by atoms with Crippen LogP contribution >= 0.6 is 11.3 Å². The normalized spacial score (nSPS) is 13.5. The fraction of sp³-hybridized carbons (Fsp3) is 0.455. The Morgan fingerprint density at radius 3 is 2.90 bits per heavy atom. The summed E-state index contributed by atoms with van der Waals surface area (Å²) in [6.45, 7) is 2.54. The van der Waals surface area contributed by atoms with Crippen molar-refractivity contribution >= 4 is 21.4 Å². The standard InChI is InChI=1S/C11H17N5O2S2/c1-8(11-13-7-14-15-11)16-20(17,18)10-4-3-9(19-10)5-6-12-2/h3-4,7-8,12,16H,5-6H2,1-2H3,(H,13,14,15). The van der Waals surface area contributed by atoms with E-state index in [1.54, 1.807) is 13.0 Å². The van der Waals surface area contributed by atoms with Crippen molar-refractivity contribution < 1.29 is 8.42 Å². The molecule has 2 heterocycles. The maximum absolute atomic E-state index is 12.2. The molecule has 0 aromatic carbocycles. The van der Waals surface area contributed by atoms with E-state index in [1.807, 2.05) is 13.1 Å². The molecule has 3 N–H and O–H groups in total. The number of H-pyrrole nitrogens is 1. The Bertz CT molecular complexity index is 636. The van der Waals surface area contributed by atoms with Crippen molar-refractivity contribution in [1.82, 2.24) is 25.2 Å². The summed E-state index contributed by atoms with van der Waals surface area (Å²) >= 11 is 1.28. The summed E-state index contributed by atoms with van der Waals surface area (Å²) in [5.41, 5.74) is 0. The smallest absolute Gasteiger partial charge is 0.250 e. The van der Waals surface area contributed by atoms with E-state index in [1.165, 1.54) is 17.7 Å². The molecule has 0 aliphatic carbocycles. The summed E-state index contributed by atoms with van der Waals surface area (Å²) in [6, 6.07) is 3.02. The molecule has 0 saturated carbocycles. The number of hydrogen-bond acceptors (Lipinski definition) is 6. The molecule has 0 saturated heterocycles. The Morgan fingerprint density at radius 1 is 1.45 bits per heavy atom. The quantitative estimate of drug-likeness (QED) is 0.697. The highest BCUT2D eigenvalue weighted by Gasteiger charge is 2.21. The summed E-state index contributed by atoms with van der Waals surface area (Å²) in [6.07, 6.45) is 2.16. The van der Waals surface area contributed by atoms with Crippen LogP contribution in [0.2, 0.25) is 0 Å². The first kappa shape index (κ1) is 15.1. The van der Waals surface area contributed by atoms with Gasteiger partial charge in [-0.25, -0.2) is 18.1 Å². The van der Waals surface area contributed by atoms with Gasteiger partial charge in [-0.3, -0.25) is 5.10 Å². The van der Waals surface area contributed by atoms with Crippen LogP contribution < -0.4 is 10.0 Å². The van der Waals surface area contributed by atoms with Crippen LogP contribution in [0.15, 0.2) is 22.7 Å². The Kier molecular flexibility index (Phi) is 4.86. The van der Waals surface area contributed by atoms with Crippen LogP contribution in [0.25, 0.3) is 0 Å². The third kappa shape index (κ3) is 3.63. The molecule has 110 valence electrons. The van der Waals surface area contributed by atoms with Crippen molar-refractivity contribution in [1.29, 1.82) is 0 Å². The molecule has 0 radical (unpaired) electrons. The van der Waals surface area contributed by atoms with Crippen LogP contribution in [0.4, 0.5) is 0 Å². The monoisotopic (exact) mass is 315 g/mol. The van der Waals surface area contributed by atoms with Crippen LogP contribution in [0, 0.1) is 0 Å². The Balaban J connectivity index is 2.08. The molecule has 0 amide bonds. The van der Waals surface area contributed by atoms with E-state index in [0.717, 1.165) is 17.8 Å². The van der Waals surface area contributed by atoms with Crippen LogP contribution in [0.5, 0.6) is 0 Å². The average Bonchev–Trinajstić information content (AvgIpc) is 3.07. The minimum absolute atomic E-state index is 0.315. The molecule has 1 atom stereocenters. The largest absolute Gasteiger partial charge is 0.319 e. The average molecular weight is 315 g/mol. The fourth-order valence-electron chi connectivity index (χ4n) is 1.66. The van der Waals surface area contributed by atoms with E-state index in [4.69, 9.17) is 0 Å². The Morgan fingerprint density at radius 2 is 2.25 bits per heavy atom. The first-order chi connectivity index (χ1) is 9.53.